The minimum atomic E-state index is 0.491. The molecule has 4 aromatic rings. The van der Waals surface area contributed by atoms with Crippen LogP contribution < -0.4 is 9.64 Å². The van der Waals surface area contributed by atoms with Crippen molar-refractivity contribution in [1.82, 2.24) is 15.0 Å². The number of para-hydroxylation sites is 1. The molecule has 8 heteroatoms. The van der Waals surface area contributed by atoms with Crippen LogP contribution in [0.3, 0.4) is 0 Å². The molecule has 5 rings (SSSR count). The molecule has 158 valence electrons. The van der Waals surface area contributed by atoms with Crippen LogP contribution in [0.4, 0.5) is 5.13 Å². The fourth-order valence-corrected chi connectivity index (χ4v) is 4.52. The van der Waals surface area contributed by atoms with Gasteiger partial charge in [-0.1, -0.05) is 47.7 Å². The summed E-state index contributed by atoms with van der Waals surface area (Å²) in [5.41, 5.74) is 5.06. The fourth-order valence-electron chi connectivity index (χ4n) is 3.60. The number of ether oxygens (including phenoxy) is 1. The van der Waals surface area contributed by atoms with E-state index >= 15 is 0 Å². The molecule has 0 saturated heterocycles. The molecule has 2 aromatic heterocycles. The van der Waals surface area contributed by atoms with E-state index < -0.39 is 0 Å². The quantitative estimate of drug-likeness (QED) is 0.436. The molecule has 3 heterocycles. The van der Waals surface area contributed by atoms with Crippen molar-refractivity contribution in [2.45, 2.75) is 0 Å². The van der Waals surface area contributed by atoms with Crippen molar-refractivity contribution in [3.8, 4) is 29.1 Å². The van der Waals surface area contributed by atoms with E-state index in [1.807, 2.05) is 53.5 Å². The first-order valence-electron chi connectivity index (χ1n) is 10.1. The van der Waals surface area contributed by atoms with E-state index in [2.05, 4.69) is 22.1 Å². The van der Waals surface area contributed by atoms with Crippen molar-refractivity contribution < 1.29 is 4.74 Å². The lowest BCUT2D eigenvalue weighted by Gasteiger charge is -2.23. The molecule has 0 fully saturated rings. The number of benzene rings is 2. The number of allylic oxidation sites excluding steroid dienone is 3. The third-order valence-corrected chi connectivity index (χ3v) is 6.22. The number of hydrogen-bond donors (Lipinski definition) is 0. The summed E-state index contributed by atoms with van der Waals surface area (Å²) >= 11 is 1.39. The zero-order valence-electron chi connectivity index (χ0n) is 17.6. The van der Waals surface area contributed by atoms with Gasteiger partial charge in [0.05, 0.1) is 30.6 Å². The summed E-state index contributed by atoms with van der Waals surface area (Å²) in [6, 6.07) is 19.3. The molecule has 1 aliphatic heterocycles. The molecule has 0 aliphatic carbocycles. The van der Waals surface area contributed by atoms with E-state index in [1.54, 1.807) is 25.4 Å². The predicted molar refractivity (Wildman–Crippen MR) is 127 cm³/mol. The smallest absolute Gasteiger partial charge is 0.194 e. The molecule has 2 aromatic carbocycles. The van der Waals surface area contributed by atoms with Gasteiger partial charge in [0, 0.05) is 17.7 Å². The summed E-state index contributed by atoms with van der Waals surface area (Å²) in [5.74, 6) is 0.759. The number of thiazole rings is 1. The van der Waals surface area contributed by atoms with Crippen molar-refractivity contribution in [2.75, 3.05) is 18.6 Å². The molecule has 0 radical (unpaired) electrons. The zero-order chi connectivity index (χ0) is 22.8. The van der Waals surface area contributed by atoms with Crippen LogP contribution in [-0.4, -0.2) is 28.6 Å². The summed E-state index contributed by atoms with van der Waals surface area (Å²) in [5, 5.41) is 19.5. The molecular formula is C25H16N6OS. The number of nitriles is 2. The topological polar surface area (TPSA) is 98.7 Å². The number of methoxy groups -OCH3 is 1. The molecule has 0 N–H and O–H groups in total. The first kappa shape index (κ1) is 20.4. The fraction of sp³-hybridized carbons (Fsp3) is 0.0800. The van der Waals surface area contributed by atoms with E-state index in [-0.39, 0.29) is 0 Å². The van der Waals surface area contributed by atoms with Crippen LogP contribution in [0.25, 0.3) is 27.3 Å². The number of rotatable bonds is 4. The Bertz CT molecular complexity index is 1500. The highest BCUT2D eigenvalue weighted by Gasteiger charge is 2.22. The van der Waals surface area contributed by atoms with Gasteiger partial charge in [-0.15, -0.1) is 0 Å². The highest BCUT2D eigenvalue weighted by Crippen LogP contribution is 2.35. The van der Waals surface area contributed by atoms with Crippen LogP contribution in [0.5, 0.6) is 5.75 Å². The molecule has 33 heavy (non-hydrogen) atoms. The highest BCUT2D eigenvalue weighted by atomic mass is 32.1. The lowest BCUT2D eigenvalue weighted by Crippen LogP contribution is -2.24. The maximum absolute atomic E-state index is 9.83. The Morgan fingerprint density at radius 3 is 2.61 bits per heavy atom. The van der Waals surface area contributed by atoms with Crippen molar-refractivity contribution in [3.05, 3.63) is 83.7 Å². The van der Waals surface area contributed by atoms with Crippen LogP contribution in [0, 0.1) is 22.7 Å². The van der Waals surface area contributed by atoms with Gasteiger partial charge in [0.1, 0.15) is 17.5 Å². The largest absolute Gasteiger partial charge is 0.496 e. The minimum absolute atomic E-state index is 0.491. The van der Waals surface area contributed by atoms with Gasteiger partial charge in [0.15, 0.2) is 15.6 Å². The third-order valence-electron chi connectivity index (χ3n) is 5.26. The number of fused-ring (bicyclic) bond motifs is 1. The van der Waals surface area contributed by atoms with Gasteiger partial charge in [-0.25, -0.2) is 9.97 Å². The first-order chi connectivity index (χ1) is 16.2. The maximum atomic E-state index is 9.83. The first-order valence-corrected chi connectivity index (χ1v) is 10.9. The van der Waals surface area contributed by atoms with E-state index in [9.17, 15) is 5.26 Å². The van der Waals surface area contributed by atoms with Crippen LogP contribution in [-0.2, 0) is 0 Å². The molecule has 0 bridgehead atoms. The Morgan fingerprint density at radius 2 is 1.85 bits per heavy atom. The second-order valence-corrected chi connectivity index (χ2v) is 8.14. The van der Waals surface area contributed by atoms with Gasteiger partial charge in [0.2, 0.25) is 0 Å². The summed E-state index contributed by atoms with van der Waals surface area (Å²) in [6.45, 7) is 0.495. The Kier molecular flexibility index (Phi) is 5.27. The Hall–Kier alpha value is -4.53. The lowest BCUT2D eigenvalue weighted by molar-refractivity contribution is 0.413. The monoisotopic (exact) mass is 448 g/mol. The van der Waals surface area contributed by atoms with Gasteiger partial charge in [-0.3, -0.25) is 0 Å². The SMILES string of the molecule is COc1ccccc1C1=CCN(c2nc3ncc(-c4ccc(C#N)cc4)nc3s2)C(C#N)=C1. The van der Waals surface area contributed by atoms with E-state index in [0.717, 1.165) is 22.4 Å². The van der Waals surface area contributed by atoms with Gasteiger partial charge < -0.3 is 9.64 Å². The Morgan fingerprint density at radius 1 is 1.03 bits per heavy atom. The molecule has 7 nitrogen and oxygen atoms in total. The van der Waals surface area contributed by atoms with Gasteiger partial charge >= 0.3 is 0 Å². The second kappa shape index (κ2) is 8.54. The summed E-state index contributed by atoms with van der Waals surface area (Å²) in [6.07, 6.45) is 5.56. The number of aromatic nitrogens is 3. The van der Waals surface area contributed by atoms with Gasteiger partial charge in [-0.05, 0) is 29.8 Å². The van der Waals surface area contributed by atoms with Gasteiger partial charge in [-0.2, -0.15) is 15.5 Å². The number of anilines is 1. The van der Waals surface area contributed by atoms with E-state index in [0.29, 0.717) is 39.1 Å². The third kappa shape index (κ3) is 3.80. The van der Waals surface area contributed by atoms with Crippen molar-refractivity contribution in [2.24, 2.45) is 0 Å². The molecule has 0 spiro atoms. The molecule has 0 atom stereocenters. The molecule has 0 amide bonds. The van der Waals surface area contributed by atoms with Crippen molar-refractivity contribution in [3.63, 3.8) is 0 Å². The van der Waals surface area contributed by atoms with Crippen molar-refractivity contribution >= 4 is 32.5 Å². The van der Waals surface area contributed by atoms with E-state index in [4.69, 9.17) is 15.0 Å². The lowest BCUT2D eigenvalue weighted by atomic mass is 10.0. The maximum Gasteiger partial charge on any atom is 0.194 e. The Labute approximate surface area is 194 Å². The normalized spacial score (nSPS) is 13.1. The zero-order valence-corrected chi connectivity index (χ0v) is 18.4. The van der Waals surface area contributed by atoms with E-state index in [1.165, 1.54) is 11.3 Å². The highest BCUT2D eigenvalue weighted by molar-refractivity contribution is 7.21. The second-order valence-electron chi connectivity index (χ2n) is 7.18. The summed E-state index contributed by atoms with van der Waals surface area (Å²) in [4.78, 5) is 16.3. The Balaban J connectivity index is 1.47. The standard InChI is InChI=1S/C25H16N6OS/c1-32-22-5-3-2-4-20(22)18-10-11-31(19(12-18)14-27)25-30-23-24(33-25)29-21(15-28-23)17-8-6-16(13-26)7-9-17/h2-10,12,15H,11H2,1H3. The minimum Gasteiger partial charge on any atom is -0.496 e. The van der Waals surface area contributed by atoms with Crippen LogP contribution in [0.15, 0.2) is 72.6 Å². The molecule has 0 unspecified atom stereocenters. The predicted octanol–water partition coefficient (Wildman–Crippen LogP) is 4.94. The summed E-state index contributed by atoms with van der Waals surface area (Å²) in [7, 11) is 1.64. The molecule has 1 aliphatic rings. The van der Waals surface area contributed by atoms with Crippen molar-refractivity contribution in [1.29, 1.82) is 10.5 Å². The van der Waals surface area contributed by atoms with Gasteiger partial charge in [0.25, 0.3) is 0 Å². The van der Waals surface area contributed by atoms with Crippen LogP contribution in [0.2, 0.25) is 0 Å². The summed E-state index contributed by atoms with van der Waals surface area (Å²) < 4.78 is 5.47. The molecular weight excluding hydrogens is 432 g/mol. The van der Waals surface area contributed by atoms with Crippen LogP contribution in [0.1, 0.15) is 11.1 Å². The number of nitrogens with zero attached hydrogens (tertiary/aromatic N) is 6. The van der Waals surface area contributed by atoms with Crippen LogP contribution >= 0.6 is 11.3 Å². The molecule has 0 saturated carbocycles. The average Bonchev–Trinajstić information content (AvgIpc) is 3.31. The number of hydrogen-bond acceptors (Lipinski definition) is 8. The average molecular weight is 449 g/mol.